The molecule has 8 heteroatoms. The summed E-state index contributed by atoms with van der Waals surface area (Å²) in [5, 5.41) is 10.5. The number of sulfonamides is 1. The van der Waals surface area contributed by atoms with Gasteiger partial charge in [0, 0.05) is 18.2 Å². The van der Waals surface area contributed by atoms with E-state index < -0.39 is 26.5 Å². The number of nitro groups is 1. The van der Waals surface area contributed by atoms with Crippen LogP contribution in [0.25, 0.3) is 0 Å². The first kappa shape index (κ1) is 13.6. The molecule has 1 aliphatic rings. The van der Waals surface area contributed by atoms with E-state index in [1.165, 1.54) is 0 Å². The molecule has 19 heavy (non-hydrogen) atoms. The Labute approximate surface area is 109 Å². The second-order valence-electron chi connectivity index (χ2n) is 4.13. The van der Waals surface area contributed by atoms with E-state index in [1.54, 1.807) is 0 Å². The Bertz CT molecular complexity index is 634. The van der Waals surface area contributed by atoms with E-state index >= 15 is 0 Å². The second kappa shape index (κ2) is 5.06. The number of benzene rings is 1. The fraction of sp³-hybridized carbons (Fsp3) is 0.273. The third-order valence-electron chi connectivity index (χ3n) is 2.76. The summed E-state index contributed by atoms with van der Waals surface area (Å²) in [7, 11) is -3.86. The highest BCUT2D eigenvalue weighted by Gasteiger charge is 2.23. The Morgan fingerprint density at radius 3 is 2.47 bits per heavy atom. The van der Waals surface area contributed by atoms with Crippen molar-refractivity contribution in [3.8, 4) is 0 Å². The van der Waals surface area contributed by atoms with Crippen molar-refractivity contribution in [2.45, 2.75) is 23.8 Å². The monoisotopic (exact) mass is 286 g/mol. The lowest BCUT2D eigenvalue weighted by Crippen LogP contribution is -2.32. The van der Waals surface area contributed by atoms with Gasteiger partial charge in [-0.05, 0) is 18.9 Å². The third-order valence-corrected chi connectivity index (χ3v) is 4.27. The predicted octanol–water partition coefficient (Wildman–Crippen LogP) is 1.73. The minimum absolute atomic E-state index is 0.247. The summed E-state index contributed by atoms with van der Waals surface area (Å²) in [6.07, 6.45) is 4.86. The molecule has 6 nitrogen and oxygen atoms in total. The molecular weight excluding hydrogens is 275 g/mol. The molecule has 0 fully saturated rings. The smallest absolute Gasteiger partial charge is 0.258 e. The van der Waals surface area contributed by atoms with Gasteiger partial charge in [-0.15, -0.1) is 0 Å². The fourth-order valence-electron chi connectivity index (χ4n) is 1.80. The molecule has 0 saturated heterocycles. The van der Waals surface area contributed by atoms with Crippen LogP contribution in [0.5, 0.6) is 0 Å². The van der Waals surface area contributed by atoms with E-state index in [2.05, 4.69) is 4.72 Å². The lowest BCUT2D eigenvalue weighted by molar-refractivity contribution is -0.387. The summed E-state index contributed by atoms with van der Waals surface area (Å²) in [6.45, 7) is 0. The zero-order chi connectivity index (χ0) is 14.0. The van der Waals surface area contributed by atoms with Gasteiger partial charge in [0.05, 0.1) is 9.82 Å². The average molecular weight is 286 g/mol. The van der Waals surface area contributed by atoms with Crippen molar-refractivity contribution in [3.05, 3.63) is 46.3 Å². The van der Waals surface area contributed by atoms with E-state index in [-0.39, 0.29) is 10.9 Å². The maximum absolute atomic E-state index is 13.4. The quantitative estimate of drug-likeness (QED) is 0.518. The Kier molecular flexibility index (Phi) is 3.63. The van der Waals surface area contributed by atoms with Crippen LogP contribution in [0.3, 0.4) is 0 Å². The molecule has 0 atom stereocenters. The van der Waals surface area contributed by atoms with E-state index in [4.69, 9.17) is 0 Å². The average Bonchev–Trinajstić information content (AvgIpc) is 2.80. The Morgan fingerprint density at radius 2 is 1.95 bits per heavy atom. The normalized spacial score (nSPS) is 15.8. The topological polar surface area (TPSA) is 89.3 Å². The van der Waals surface area contributed by atoms with Crippen molar-refractivity contribution in [2.75, 3.05) is 0 Å². The van der Waals surface area contributed by atoms with Gasteiger partial charge in [-0.2, -0.15) is 4.39 Å². The van der Waals surface area contributed by atoms with Gasteiger partial charge in [-0.1, -0.05) is 12.2 Å². The van der Waals surface area contributed by atoms with Gasteiger partial charge in [-0.25, -0.2) is 13.1 Å². The molecule has 1 N–H and O–H groups in total. The molecule has 2 rings (SSSR count). The molecule has 0 spiro atoms. The highest BCUT2D eigenvalue weighted by molar-refractivity contribution is 7.89. The van der Waals surface area contributed by atoms with Gasteiger partial charge < -0.3 is 0 Å². The lowest BCUT2D eigenvalue weighted by Gasteiger charge is -2.12. The summed E-state index contributed by atoms with van der Waals surface area (Å²) in [4.78, 5) is 9.23. The SMILES string of the molecule is O=[N+]([O-])c1ccc(S(=O)(=O)NC2CC=CC2)cc1F. The van der Waals surface area contributed by atoms with E-state index in [0.717, 1.165) is 12.1 Å². The highest BCUT2D eigenvalue weighted by Crippen LogP contribution is 2.21. The van der Waals surface area contributed by atoms with Crippen LogP contribution < -0.4 is 4.72 Å². The summed E-state index contributed by atoms with van der Waals surface area (Å²) < 4.78 is 39.7. The molecule has 0 aromatic heterocycles. The van der Waals surface area contributed by atoms with E-state index in [0.29, 0.717) is 18.9 Å². The van der Waals surface area contributed by atoms with E-state index in [1.807, 2.05) is 12.2 Å². The third kappa shape index (κ3) is 2.96. The Balaban J connectivity index is 2.25. The number of nitrogens with one attached hydrogen (secondary N) is 1. The number of hydrogen-bond donors (Lipinski definition) is 1. The lowest BCUT2D eigenvalue weighted by atomic mass is 10.3. The molecule has 0 heterocycles. The Morgan fingerprint density at radius 1 is 1.32 bits per heavy atom. The molecule has 102 valence electrons. The van der Waals surface area contributed by atoms with Gasteiger partial charge in [-0.3, -0.25) is 10.1 Å². The number of rotatable bonds is 4. The van der Waals surface area contributed by atoms with Crippen LogP contribution >= 0.6 is 0 Å². The molecule has 0 amide bonds. The molecule has 0 bridgehead atoms. The van der Waals surface area contributed by atoms with Crippen LogP contribution in [-0.4, -0.2) is 19.4 Å². The zero-order valence-electron chi connectivity index (χ0n) is 9.74. The number of halogens is 1. The standard InChI is InChI=1S/C11H11FN2O4S/c12-10-7-9(5-6-11(10)14(15)16)19(17,18)13-8-3-1-2-4-8/h1-2,5-8,13H,3-4H2. The van der Waals surface area contributed by atoms with Crippen LogP contribution in [0.2, 0.25) is 0 Å². The number of nitrogens with zero attached hydrogens (tertiary/aromatic N) is 1. The molecule has 0 saturated carbocycles. The van der Waals surface area contributed by atoms with Gasteiger partial charge >= 0.3 is 5.69 Å². The summed E-state index contributed by atoms with van der Waals surface area (Å²) >= 11 is 0. The first-order valence-corrected chi connectivity index (χ1v) is 7.00. The number of nitro benzene ring substituents is 1. The minimum atomic E-state index is -3.86. The molecule has 1 aromatic carbocycles. The van der Waals surface area contributed by atoms with Crippen LogP contribution in [0.15, 0.2) is 35.2 Å². The van der Waals surface area contributed by atoms with Gasteiger partial charge in [0.15, 0.2) is 0 Å². The Hall–Kier alpha value is -1.80. The van der Waals surface area contributed by atoms with Crippen LogP contribution in [0.1, 0.15) is 12.8 Å². The van der Waals surface area contributed by atoms with Crippen LogP contribution in [0, 0.1) is 15.9 Å². The molecule has 0 unspecified atom stereocenters. The van der Waals surface area contributed by atoms with Crippen molar-refractivity contribution in [3.63, 3.8) is 0 Å². The van der Waals surface area contributed by atoms with Gasteiger partial charge in [0.1, 0.15) is 0 Å². The highest BCUT2D eigenvalue weighted by atomic mass is 32.2. The fourth-order valence-corrected chi connectivity index (χ4v) is 3.08. The maximum atomic E-state index is 13.4. The minimum Gasteiger partial charge on any atom is -0.258 e. The van der Waals surface area contributed by atoms with Crippen molar-refractivity contribution >= 4 is 15.7 Å². The second-order valence-corrected chi connectivity index (χ2v) is 5.85. The van der Waals surface area contributed by atoms with Crippen molar-refractivity contribution in [1.29, 1.82) is 0 Å². The summed E-state index contributed by atoms with van der Waals surface area (Å²) in [5.41, 5.74) is -0.749. The van der Waals surface area contributed by atoms with E-state index in [9.17, 15) is 22.9 Å². The van der Waals surface area contributed by atoms with Crippen molar-refractivity contribution in [2.24, 2.45) is 0 Å². The molecule has 1 aliphatic carbocycles. The van der Waals surface area contributed by atoms with Gasteiger partial charge in [0.2, 0.25) is 15.8 Å². The maximum Gasteiger partial charge on any atom is 0.304 e. The molecule has 0 radical (unpaired) electrons. The largest absolute Gasteiger partial charge is 0.304 e. The molecule has 0 aliphatic heterocycles. The summed E-state index contributed by atoms with van der Waals surface area (Å²) in [5.74, 6) is -1.17. The van der Waals surface area contributed by atoms with Crippen molar-refractivity contribution in [1.82, 2.24) is 4.72 Å². The van der Waals surface area contributed by atoms with Crippen molar-refractivity contribution < 1.29 is 17.7 Å². The molecular formula is C11H11FN2O4S. The van der Waals surface area contributed by atoms with Gasteiger partial charge in [0.25, 0.3) is 0 Å². The predicted molar refractivity (Wildman–Crippen MR) is 65.5 cm³/mol. The first-order valence-electron chi connectivity index (χ1n) is 5.51. The summed E-state index contributed by atoms with van der Waals surface area (Å²) in [6, 6.07) is 2.27. The first-order chi connectivity index (χ1) is 8.90. The van der Waals surface area contributed by atoms with Crippen LogP contribution in [0.4, 0.5) is 10.1 Å². The number of hydrogen-bond acceptors (Lipinski definition) is 4. The zero-order valence-corrected chi connectivity index (χ0v) is 10.6. The molecule has 1 aromatic rings. The van der Waals surface area contributed by atoms with Crippen LogP contribution in [-0.2, 0) is 10.0 Å².